The molecule has 0 aliphatic carbocycles. The van der Waals surface area contributed by atoms with Gasteiger partial charge in [0.2, 0.25) is 0 Å². The SMILES string of the molecule is [B]O[C@H]1OC[C@H](O)[C@H](O)[C@H]1OC(C)=S. The standard InChI is InChI=1S/C7H11BO5S/c1-3(14)12-6-5(10)4(9)2-11-7(6)13-8/h4-7,9-10H,2H2,1H3/t4-,5-,6+,7+/m0/s1. The zero-order valence-electron chi connectivity index (χ0n) is 7.62. The Morgan fingerprint density at radius 1 is 1.57 bits per heavy atom. The van der Waals surface area contributed by atoms with Crippen molar-refractivity contribution in [3.8, 4) is 0 Å². The van der Waals surface area contributed by atoms with E-state index in [0.717, 1.165) is 0 Å². The maximum atomic E-state index is 9.54. The largest absolute Gasteiger partial charge is 0.476 e. The molecule has 1 rings (SSSR count). The van der Waals surface area contributed by atoms with E-state index in [2.05, 4.69) is 4.65 Å². The smallest absolute Gasteiger partial charge is 0.286 e. The first-order chi connectivity index (χ1) is 6.56. The van der Waals surface area contributed by atoms with Crippen LogP contribution in [0.3, 0.4) is 0 Å². The molecule has 0 amide bonds. The van der Waals surface area contributed by atoms with Crippen molar-refractivity contribution in [3.63, 3.8) is 0 Å². The van der Waals surface area contributed by atoms with Crippen LogP contribution in [-0.2, 0) is 14.1 Å². The molecule has 0 bridgehead atoms. The number of ether oxygens (including phenoxy) is 2. The zero-order chi connectivity index (χ0) is 10.7. The molecule has 4 atom stereocenters. The summed E-state index contributed by atoms with van der Waals surface area (Å²) in [6.45, 7) is 1.48. The molecular formula is C7H11BO5S. The summed E-state index contributed by atoms with van der Waals surface area (Å²) in [4.78, 5) is 0. The molecule has 1 saturated heterocycles. The van der Waals surface area contributed by atoms with Gasteiger partial charge < -0.3 is 24.3 Å². The van der Waals surface area contributed by atoms with E-state index in [-0.39, 0.29) is 11.7 Å². The first-order valence-corrected chi connectivity index (χ1v) is 4.47. The Morgan fingerprint density at radius 3 is 2.71 bits per heavy atom. The van der Waals surface area contributed by atoms with Gasteiger partial charge in [-0.2, -0.15) is 0 Å². The lowest BCUT2D eigenvalue weighted by Gasteiger charge is -2.37. The molecule has 1 aliphatic rings. The Morgan fingerprint density at radius 2 is 2.21 bits per heavy atom. The summed E-state index contributed by atoms with van der Waals surface area (Å²) in [5, 5.41) is 19.0. The van der Waals surface area contributed by atoms with Crippen LogP contribution in [0.2, 0.25) is 0 Å². The van der Waals surface area contributed by atoms with Gasteiger partial charge in [-0.05, 0) is 12.2 Å². The molecule has 78 valence electrons. The van der Waals surface area contributed by atoms with Crippen LogP contribution in [0.5, 0.6) is 0 Å². The molecule has 0 aromatic heterocycles. The summed E-state index contributed by atoms with van der Waals surface area (Å²) >= 11 is 4.70. The van der Waals surface area contributed by atoms with Gasteiger partial charge in [0.1, 0.15) is 12.2 Å². The van der Waals surface area contributed by atoms with Crippen LogP contribution in [0.15, 0.2) is 0 Å². The average Bonchev–Trinajstić information content (AvgIpc) is 2.13. The maximum Gasteiger partial charge on any atom is 0.286 e. The minimum Gasteiger partial charge on any atom is -0.476 e. The van der Waals surface area contributed by atoms with Crippen molar-refractivity contribution in [2.75, 3.05) is 6.61 Å². The first kappa shape index (κ1) is 11.9. The Balaban J connectivity index is 2.66. The Hall–Kier alpha value is -0.205. The van der Waals surface area contributed by atoms with E-state index < -0.39 is 24.6 Å². The topological polar surface area (TPSA) is 68.2 Å². The predicted octanol–water partition coefficient (Wildman–Crippen LogP) is -1.10. The van der Waals surface area contributed by atoms with Crippen LogP contribution in [-0.4, -0.2) is 54.5 Å². The number of hydrogen-bond acceptors (Lipinski definition) is 6. The monoisotopic (exact) mass is 218 g/mol. The van der Waals surface area contributed by atoms with Gasteiger partial charge >= 0.3 is 0 Å². The highest BCUT2D eigenvalue weighted by molar-refractivity contribution is 7.80. The Bertz CT molecular complexity index is 212. The molecule has 2 N–H and O–H groups in total. The van der Waals surface area contributed by atoms with Gasteiger partial charge in [-0.3, -0.25) is 0 Å². The van der Waals surface area contributed by atoms with Gasteiger partial charge in [0, 0.05) is 6.92 Å². The summed E-state index contributed by atoms with van der Waals surface area (Å²) < 4.78 is 14.5. The predicted molar refractivity (Wildman–Crippen MR) is 51.7 cm³/mol. The van der Waals surface area contributed by atoms with E-state index in [0.29, 0.717) is 0 Å². The van der Waals surface area contributed by atoms with Gasteiger partial charge in [-0.1, -0.05) is 0 Å². The van der Waals surface area contributed by atoms with Crippen molar-refractivity contribution in [1.82, 2.24) is 0 Å². The zero-order valence-corrected chi connectivity index (χ0v) is 8.44. The van der Waals surface area contributed by atoms with E-state index in [1.54, 1.807) is 0 Å². The molecule has 0 aromatic rings. The quantitative estimate of drug-likeness (QED) is 0.452. The Kier molecular flexibility index (Phi) is 4.27. The summed E-state index contributed by atoms with van der Waals surface area (Å²) in [6, 6.07) is 0. The summed E-state index contributed by atoms with van der Waals surface area (Å²) in [7, 11) is 4.94. The fraction of sp³-hybridized carbons (Fsp3) is 0.857. The number of aliphatic hydroxyl groups excluding tert-OH is 2. The van der Waals surface area contributed by atoms with Crippen molar-refractivity contribution >= 4 is 25.3 Å². The second-order valence-corrected chi connectivity index (χ2v) is 3.54. The van der Waals surface area contributed by atoms with Crippen LogP contribution in [0, 0.1) is 0 Å². The van der Waals surface area contributed by atoms with Crippen LogP contribution in [0.1, 0.15) is 6.92 Å². The fourth-order valence-corrected chi connectivity index (χ4v) is 1.31. The van der Waals surface area contributed by atoms with E-state index in [1.807, 2.05) is 0 Å². The molecule has 0 unspecified atom stereocenters. The third kappa shape index (κ3) is 2.65. The third-order valence-electron chi connectivity index (χ3n) is 1.87. The van der Waals surface area contributed by atoms with E-state index >= 15 is 0 Å². The molecule has 2 radical (unpaired) electrons. The van der Waals surface area contributed by atoms with E-state index in [9.17, 15) is 10.2 Å². The van der Waals surface area contributed by atoms with E-state index in [1.165, 1.54) is 6.92 Å². The lowest BCUT2D eigenvalue weighted by atomic mass is 10.1. The third-order valence-corrected chi connectivity index (χ3v) is 1.96. The van der Waals surface area contributed by atoms with Gasteiger partial charge in [-0.15, -0.1) is 0 Å². The highest BCUT2D eigenvalue weighted by Gasteiger charge is 2.40. The second-order valence-electron chi connectivity index (χ2n) is 2.97. The van der Waals surface area contributed by atoms with Crippen LogP contribution in [0.4, 0.5) is 0 Å². The molecule has 1 fully saturated rings. The second kappa shape index (κ2) is 5.04. The number of thiocarbonyl (C=S) groups is 1. The summed E-state index contributed by atoms with van der Waals surface area (Å²) in [5.74, 6) is 0. The van der Waals surface area contributed by atoms with Crippen molar-refractivity contribution in [3.05, 3.63) is 0 Å². The van der Waals surface area contributed by atoms with Crippen molar-refractivity contribution < 1.29 is 24.3 Å². The molecule has 0 aromatic carbocycles. The number of hydrogen-bond donors (Lipinski definition) is 2. The average molecular weight is 218 g/mol. The molecule has 0 spiro atoms. The molecule has 0 saturated carbocycles. The molecule has 14 heavy (non-hydrogen) atoms. The van der Waals surface area contributed by atoms with Crippen LogP contribution >= 0.6 is 12.2 Å². The number of aliphatic hydroxyl groups is 2. The van der Waals surface area contributed by atoms with Gasteiger partial charge in [0.25, 0.3) is 8.05 Å². The first-order valence-electron chi connectivity index (χ1n) is 4.06. The highest BCUT2D eigenvalue weighted by atomic mass is 32.1. The lowest BCUT2D eigenvalue weighted by Crippen LogP contribution is -2.55. The van der Waals surface area contributed by atoms with Crippen molar-refractivity contribution in [2.45, 2.75) is 31.5 Å². The Labute approximate surface area is 88.4 Å². The summed E-state index contributed by atoms with van der Waals surface area (Å²) in [6.07, 6.45) is -3.98. The summed E-state index contributed by atoms with van der Waals surface area (Å²) in [5.41, 5.74) is 0. The van der Waals surface area contributed by atoms with Crippen molar-refractivity contribution in [2.24, 2.45) is 0 Å². The molecular weight excluding hydrogens is 207 g/mol. The fourth-order valence-electron chi connectivity index (χ4n) is 1.20. The molecule has 1 heterocycles. The van der Waals surface area contributed by atoms with Crippen LogP contribution in [0.25, 0.3) is 0 Å². The van der Waals surface area contributed by atoms with E-state index in [4.69, 9.17) is 29.7 Å². The minimum atomic E-state index is -1.13. The molecule has 5 nitrogen and oxygen atoms in total. The molecule has 1 aliphatic heterocycles. The van der Waals surface area contributed by atoms with Gasteiger partial charge in [0.15, 0.2) is 17.4 Å². The maximum absolute atomic E-state index is 9.54. The van der Waals surface area contributed by atoms with Crippen molar-refractivity contribution in [1.29, 1.82) is 0 Å². The van der Waals surface area contributed by atoms with Gasteiger partial charge in [0.05, 0.1) is 6.61 Å². The normalized spacial score (nSPS) is 37.9. The molecule has 7 heteroatoms. The minimum absolute atomic E-state index is 0.0562. The highest BCUT2D eigenvalue weighted by Crippen LogP contribution is 2.19. The van der Waals surface area contributed by atoms with Gasteiger partial charge in [-0.25, -0.2) is 0 Å². The lowest BCUT2D eigenvalue weighted by molar-refractivity contribution is -0.236. The van der Waals surface area contributed by atoms with Crippen LogP contribution < -0.4 is 0 Å². The number of rotatable bonds is 2.